The van der Waals surface area contributed by atoms with Crippen LogP contribution < -0.4 is 0 Å². The topological polar surface area (TPSA) is 63.4 Å². The Balaban J connectivity index is 2.57. The molecule has 0 saturated carbocycles. The summed E-state index contributed by atoms with van der Waals surface area (Å²) in [7, 11) is 0. The van der Waals surface area contributed by atoms with Gasteiger partial charge in [-0.25, -0.2) is 0 Å². The minimum atomic E-state index is -0.953. The van der Waals surface area contributed by atoms with Crippen molar-refractivity contribution in [1.82, 2.24) is 0 Å². The fourth-order valence-corrected chi connectivity index (χ4v) is 4.11. The average molecular weight is 289 g/mol. The second-order valence-corrected chi connectivity index (χ2v) is 6.53. The Morgan fingerprint density at radius 1 is 1.30 bits per heavy atom. The van der Waals surface area contributed by atoms with E-state index in [1.54, 1.807) is 24.8 Å². The van der Waals surface area contributed by atoms with Gasteiger partial charge in [-0.2, -0.15) is 0 Å². The van der Waals surface area contributed by atoms with E-state index in [4.69, 9.17) is 0 Å². The molecule has 2 aromatic rings. The largest absolute Gasteiger partial charge is 0.385 e. The summed E-state index contributed by atoms with van der Waals surface area (Å²) >= 11 is 1.57. The molecule has 0 fully saturated rings. The molecule has 4 nitrogen and oxygen atoms in total. The lowest BCUT2D eigenvalue weighted by atomic mass is 9.88. The third-order valence-electron chi connectivity index (χ3n) is 3.88. The molecule has 3 rings (SSSR count). The van der Waals surface area contributed by atoms with Crippen LogP contribution in [0.3, 0.4) is 0 Å². The highest BCUT2D eigenvalue weighted by Gasteiger charge is 2.34. The number of aryl methyl sites for hydroxylation is 2. The zero-order chi connectivity index (χ0) is 14.7. The minimum absolute atomic E-state index is 0.124. The smallest absolute Gasteiger partial charge is 0.277 e. The number of hydrogen-bond donors (Lipinski definition) is 1. The van der Waals surface area contributed by atoms with Crippen molar-refractivity contribution in [3.63, 3.8) is 0 Å². The normalized spacial score (nSPS) is 21.2. The molecule has 1 atom stereocenters. The van der Waals surface area contributed by atoms with Crippen LogP contribution in [-0.4, -0.2) is 15.8 Å². The fraction of sp³-hybridized carbons (Fsp3) is 0.333. The second-order valence-electron chi connectivity index (χ2n) is 5.54. The molecule has 5 heteroatoms. The van der Waals surface area contributed by atoms with Gasteiger partial charge in [0.05, 0.1) is 15.9 Å². The first-order valence-electron chi connectivity index (χ1n) is 6.40. The van der Waals surface area contributed by atoms with Gasteiger partial charge in [-0.15, -0.1) is 11.8 Å². The number of rotatable bonds is 1. The predicted octanol–water partition coefficient (Wildman–Crippen LogP) is 3.68. The average Bonchev–Trinajstić information content (AvgIpc) is 2.36. The Morgan fingerprint density at radius 3 is 2.65 bits per heavy atom. The molecule has 0 saturated heterocycles. The van der Waals surface area contributed by atoms with Crippen molar-refractivity contribution in [2.24, 2.45) is 0 Å². The van der Waals surface area contributed by atoms with Crippen LogP contribution in [0.25, 0.3) is 10.8 Å². The molecule has 104 valence electrons. The highest BCUT2D eigenvalue weighted by Crippen LogP contribution is 2.48. The van der Waals surface area contributed by atoms with Crippen LogP contribution in [0.4, 0.5) is 5.69 Å². The van der Waals surface area contributed by atoms with Crippen molar-refractivity contribution in [1.29, 1.82) is 0 Å². The molecular formula is C15H15NO3S. The molecule has 0 aromatic heterocycles. The summed E-state index contributed by atoms with van der Waals surface area (Å²) < 4.78 is 0. The molecule has 1 N–H and O–H groups in total. The lowest BCUT2D eigenvalue weighted by molar-refractivity contribution is -0.383. The Labute approximate surface area is 121 Å². The Morgan fingerprint density at radius 2 is 2.00 bits per heavy atom. The number of non-ortho nitro benzene ring substituents is 1. The van der Waals surface area contributed by atoms with Crippen molar-refractivity contribution in [3.8, 4) is 0 Å². The number of thioether (sulfide) groups is 1. The van der Waals surface area contributed by atoms with E-state index in [1.807, 2.05) is 26.0 Å². The van der Waals surface area contributed by atoms with Crippen molar-refractivity contribution in [2.45, 2.75) is 31.3 Å². The lowest BCUT2D eigenvalue weighted by Gasteiger charge is -2.31. The molecule has 1 unspecified atom stereocenters. The molecular weight excluding hydrogens is 274 g/mol. The van der Waals surface area contributed by atoms with Crippen LogP contribution >= 0.6 is 11.8 Å². The van der Waals surface area contributed by atoms with Crippen molar-refractivity contribution >= 4 is 28.2 Å². The monoisotopic (exact) mass is 289 g/mol. The molecule has 0 amide bonds. The van der Waals surface area contributed by atoms with Gasteiger partial charge in [-0.05, 0) is 37.5 Å². The maximum atomic E-state index is 11.3. The standard InChI is InChI=1S/C15H15NO3S/c1-8-4-5-10-13-12(8)11(16(18)19)6-9(2)14(13)20-7-15(10,3)17/h4-6,17H,7H2,1-3H3. The molecule has 0 aliphatic carbocycles. The zero-order valence-electron chi connectivity index (χ0n) is 11.6. The number of nitro groups is 1. The molecule has 0 bridgehead atoms. The zero-order valence-corrected chi connectivity index (χ0v) is 12.4. The summed E-state index contributed by atoms with van der Waals surface area (Å²) in [5, 5.41) is 23.4. The van der Waals surface area contributed by atoms with Crippen molar-refractivity contribution in [2.75, 3.05) is 5.75 Å². The van der Waals surface area contributed by atoms with Gasteiger partial charge in [0.15, 0.2) is 0 Å². The quantitative estimate of drug-likeness (QED) is 0.642. The first-order valence-corrected chi connectivity index (χ1v) is 7.38. The number of hydrogen-bond acceptors (Lipinski definition) is 4. The summed E-state index contributed by atoms with van der Waals surface area (Å²) in [6.45, 7) is 5.53. The van der Waals surface area contributed by atoms with Gasteiger partial charge in [0.1, 0.15) is 0 Å². The SMILES string of the molecule is Cc1cc([N+](=O)[O-])c2c(C)ccc3c2c1SCC3(C)O. The van der Waals surface area contributed by atoms with Gasteiger partial charge >= 0.3 is 0 Å². The number of aliphatic hydroxyl groups is 1. The number of benzene rings is 2. The summed E-state index contributed by atoms with van der Waals surface area (Å²) in [6, 6.07) is 5.39. The van der Waals surface area contributed by atoms with E-state index in [0.29, 0.717) is 11.1 Å². The number of nitrogens with zero attached hydrogens (tertiary/aromatic N) is 1. The Bertz CT molecular complexity index is 753. The summed E-state index contributed by atoms with van der Waals surface area (Å²) in [5.74, 6) is 0.566. The van der Waals surface area contributed by atoms with E-state index < -0.39 is 5.60 Å². The third kappa shape index (κ3) is 1.73. The first kappa shape index (κ1) is 13.4. The van der Waals surface area contributed by atoms with Gasteiger partial charge in [-0.1, -0.05) is 12.1 Å². The van der Waals surface area contributed by atoms with Crippen LogP contribution in [0.15, 0.2) is 23.1 Å². The van der Waals surface area contributed by atoms with Crippen molar-refractivity contribution < 1.29 is 10.0 Å². The highest BCUT2D eigenvalue weighted by atomic mass is 32.2. The van der Waals surface area contributed by atoms with Gasteiger partial charge < -0.3 is 5.11 Å². The summed E-state index contributed by atoms with van der Waals surface area (Å²) in [5.41, 5.74) is 1.73. The number of nitro benzene ring substituents is 1. The van der Waals surface area contributed by atoms with Gasteiger partial charge in [0, 0.05) is 22.1 Å². The molecule has 1 aliphatic rings. The maximum Gasteiger partial charge on any atom is 0.277 e. The molecule has 20 heavy (non-hydrogen) atoms. The van der Waals surface area contributed by atoms with E-state index in [1.165, 1.54) is 0 Å². The van der Waals surface area contributed by atoms with Gasteiger partial charge in [0.2, 0.25) is 0 Å². The van der Waals surface area contributed by atoms with Crippen LogP contribution in [0.5, 0.6) is 0 Å². The lowest BCUT2D eigenvalue weighted by Crippen LogP contribution is -2.27. The summed E-state index contributed by atoms with van der Waals surface area (Å²) in [4.78, 5) is 12.1. The van der Waals surface area contributed by atoms with Gasteiger partial charge in [0.25, 0.3) is 5.69 Å². The van der Waals surface area contributed by atoms with Crippen LogP contribution in [0.1, 0.15) is 23.6 Å². The van der Waals surface area contributed by atoms with Crippen LogP contribution in [0, 0.1) is 24.0 Å². The van der Waals surface area contributed by atoms with Crippen LogP contribution in [0.2, 0.25) is 0 Å². The molecule has 1 aliphatic heterocycles. The van der Waals surface area contributed by atoms with E-state index >= 15 is 0 Å². The molecule has 0 radical (unpaired) electrons. The van der Waals surface area contributed by atoms with E-state index in [-0.39, 0.29) is 10.6 Å². The molecule has 0 spiro atoms. The third-order valence-corrected chi connectivity index (χ3v) is 5.40. The molecule has 2 aromatic carbocycles. The molecule has 1 heterocycles. The van der Waals surface area contributed by atoms with Crippen molar-refractivity contribution in [3.05, 3.63) is 45.0 Å². The first-order chi connectivity index (χ1) is 9.33. The summed E-state index contributed by atoms with van der Waals surface area (Å²) in [6.07, 6.45) is 0. The van der Waals surface area contributed by atoms with Gasteiger partial charge in [-0.3, -0.25) is 10.1 Å². The fourth-order valence-electron chi connectivity index (χ4n) is 2.88. The predicted molar refractivity (Wildman–Crippen MR) is 80.4 cm³/mol. The maximum absolute atomic E-state index is 11.3. The highest BCUT2D eigenvalue weighted by molar-refractivity contribution is 7.99. The Hall–Kier alpha value is -1.59. The van der Waals surface area contributed by atoms with E-state index in [2.05, 4.69) is 0 Å². The second kappa shape index (κ2) is 4.20. The Kier molecular flexibility index (Phi) is 2.81. The van der Waals surface area contributed by atoms with E-state index in [0.717, 1.165) is 27.0 Å². The minimum Gasteiger partial charge on any atom is -0.385 e. The van der Waals surface area contributed by atoms with E-state index in [9.17, 15) is 15.2 Å². The van der Waals surface area contributed by atoms with Crippen LogP contribution in [-0.2, 0) is 5.60 Å².